The Bertz CT molecular complexity index is 539. The molecule has 1 aromatic carbocycles. The molecule has 1 N–H and O–H groups in total. The highest BCUT2D eigenvalue weighted by atomic mass is 35.5. The van der Waals surface area contributed by atoms with Crippen LogP contribution in [-0.2, 0) is 6.61 Å². The lowest BCUT2D eigenvalue weighted by Gasteiger charge is -2.08. The first-order valence-electron chi connectivity index (χ1n) is 5.06. The van der Waals surface area contributed by atoms with Crippen molar-refractivity contribution in [1.29, 1.82) is 0 Å². The molecular weight excluding hydrogens is 258 g/mol. The van der Waals surface area contributed by atoms with E-state index in [-0.39, 0.29) is 6.61 Å². The number of halogens is 1. The summed E-state index contributed by atoms with van der Waals surface area (Å²) in [7, 11) is 1.62. The van der Waals surface area contributed by atoms with Gasteiger partial charge in [-0.3, -0.25) is 0 Å². The minimum Gasteiger partial charge on any atom is -0.496 e. The van der Waals surface area contributed by atoms with Crippen LogP contribution in [0.4, 0.5) is 0 Å². The van der Waals surface area contributed by atoms with Gasteiger partial charge in [-0.25, -0.2) is 4.98 Å². The van der Waals surface area contributed by atoms with E-state index >= 15 is 0 Å². The first-order chi connectivity index (χ1) is 8.15. The van der Waals surface area contributed by atoms with Crippen LogP contribution >= 0.6 is 22.9 Å². The number of rotatable bonds is 3. The van der Waals surface area contributed by atoms with Gasteiger partial charge in [-0.2, -0.15) is 0 Å². The smallest absolute Gasteiger partial charge is 0.184 e. The van der Waals surface area contributed by atoms with Crippen LogP contribution in [0.2, 0.25) is 4.47 Å². The van der Waals surface area contributed by atoms with Crippen LogP contribution in [0.15, 0.2) is 18.2 Å². The average molecular weight is 270 g/mol. The fraction of sp³-hybridized carbons (Fsp3) is 0.250. The third-order valence-corrected chi connectivity index (χ3v) is 3.57. The Labute approximate surface area is 109 Å². The number of hydrogen-bond donors (Lipinski definition) is 1. The fourth-order valence-electron chi connectivity index (χ4n) is 1.63. The lowest BCUT2D eigenvalue weighted by Crippen LogP contribution is -1.91. The molecule has 0 saturated heterocycles. The van der Waals surface area contributed by atoms with Gasteiger partial charge in [0.15, 0.2) is 4.47 Å². The van der Waals surface area contributed by atoms with Crippen molar-refractivity contribution < 1.29 is 9.84 Å². The number of ether oxygens (including phenoxy) is 1. The molecule has 1 aromatic heterocycles. The molecule has 17 heavy (non-hydrogen) atoms. The monoisotopic (exact) mass is 269 g/mol. The highest BCUT2D eigenvalue weighted by molar-refractivity contribution is 7.16. The third-order valence-electron chi connectivity index (χ3n) is 2.43. The summed E-state index contributed by atoms with van der Waals surface area (Å²) in [6.45, 7) is 1.92. The molecule has 1 heterocycles. The fourth-order valence-corrected chi connectivity index (χ4v) is 2.66. The van der Waals surface area contributed by atoms with Crippen molar-refractivity contribution in [2.75, 3.05) is 7.11 Å². The zero-order chi connectivity index (χ0) is 12.4. The van der Waals surface area contributed by atoms with Crippen molar-refractivity contribution in [3.63, 3.8) is 0 Å². The summed E-state index contributed by atoms with van der Waals surface area (Å²) in [6.07, 6.45) is 0. The number of thiazole rings is 1. The van der Waals surface area contributed by atoms with Crippen molar-refractivity contribution >= 4 is 22.9 Å². The molecule has 0 atom stereocenters. The van der Waals surface area contributed by atoms with Crippen molar-refractivity contribution in [3.8, 4) is 17.0 Å². The summed E-state index contributed by atoms with van der Waals surface area (Å²) in [5.74, 6) is 0.738. The maximum atomic E-state index is 9.28. The van der Waals surface area contributed by atoms with Crippen LogP contribution in [0.5, 0.6) is 5.75 Å². The lowest BCUT2D eigenvalue weighted by atomic mass is 10.1. The molecule has 5 heteroatoms. The molecular formula is C12H12ClNO2S. The molecule has 0 aliphatic rings. The minimum absolute atomic E-state index is 0.0727. The summed E-state index contributed by atoms with van der Waals surface area (Å²) < 4.78 is 5.75. The second kappa shape index (κ2) is 5.04. The Morgan fingerprint density at radius 3 is 2.88 bits per heavy atom. The number of aliphatic hydroxyl groups excluding tert-OH is 1. The Kier molecular flexibility index (Phi) is 3.66. The molecule has 0 aliphatic carbocycles. The molecule has 90 valence electrons. The second-order valence-corrected chi connectivity index (χ2v) is 5.27. The van der Waals surface area contributed by atoms with Crippen LogP contribution in [0.1, 0.15) is 10.4 Å². The van der Waals surface area contributed by atoms with E-state index < -0.39 is 0 Å². The van der Waals surface area contributed by atoms with Gasteiger partial charge in [0.1, 0.15) is 5.75 Å². The summed E-state index contributed by atoms with van der Waals surface area (Å²) in [4.78, 5) is 4.98. The predicted molar refractivity (Wildman–Crippen MR) is 69.8 cm³/mol. The molecule has 0 fully saturated rings. The van der Waals surface area contributed by atoms with E-state index in [1.807, 2.05) is 25.1 Å². The Morgan fingerprint density at radius 1 is 1.47 bits per heavy atom. The van der Waals surface area contributed by atoms with Gasteiger partial charge in [0.25, 0.3) is 0 Å². The van der Waals surface area contributed by atoms with E-state index in [2.05, 4.69) is 4.98 Å². The molecule has 0 radical (unpaired) electrons. The Morgan fingerprint density at radius 2 is 2.24 bits per heavy atom. The van der Waals surface area contributed by atoms with Crippen LogP contribution in [-0.4, -0.2) is 17.2 Å². The van der Waals surface area contributed by atoms with Crippen molar-refractivity contribution in [3.05, 3.63) is 33.1 Å². The van der Waals surface area contributed by atoms with E-state index in [4.69, 9.17) is 16.3 Å². The molecule has 0 saturated carbocycles. The molecule has 2 rings (SSSR count). The molecule has 3 nitrogen and oxygen atoms in total. The van der Waals surface area contributed by atoms with E-state index in [1.165, 1.54) is 11.3 Å². The van der Waals surface area contributed by atoms with Crippen molar-refractivity contribution in [2.24, 2.45) is 0 Å². The van der Waals surface area contributed by atoms with E-state index in [0.717, 1.165) is 21.8 Å². The molecule has 0 amide bonds. The molecule has 0 unspecified atom stereocenters. The number of aliphatic hydroxyl groups is 1. The minimum atomic E-state index is -0.0727. The largest absolute Gasteiger partial charge is 0.496 e. The highest BCUT2D eigenvalue weighted by Crippen LogP contribution is 2.36. The lowest BCUT2D eigenvalue weighted by molar-refractivity contribution is 0.286. The van der Waals surface area contributed by atoms with E-state index in [9.17, 15) is 5.11 Å². The third kappa shape index (κ3) is 2.44. The molecule has 0 aliphatic heterocycles. The second-order valence-electron chi connectivity index (χ2n) is 3.60. The zero-order valence-corrected chi connectivity index (χ0v) is 11.1. The van der Waals surface area contributed by atoms with Crippen molar-refractivity contribution in [1.82, 2.24) is 4.98 Å². The number of aromatic nitrogens is 1. The average Bonchev–Trinajstić information content (AvgIpc) is 2.70. The summed E-state index contributed by atoms with van der Waals surface area (Å²) in [5.41, 5.74) is 2.65. The van der Waals surface area contributed by atoms with Gasteiger partial charge < -0.3 is 9.84 Å². The van der Waals surface area contributed by atoms with Crippen LogP contribution in [0.25, 0.3) is 11.3 Å². The van der Waals surface area contributed by atoms with Gasteiger partial charge in [-0.05, 0) is 24.6 Å². The van der Waals surface area contributed by atoms with Crippen LogP contribution in [0, 0.1) is 6.92 Å². The van der Waals surface area contributed by atoms with Gasteiger partial charge in [-0.15, -0.1) is 11.3 Å². The Balaban J connectivity index is 2.59. The number of methoxy groups -OCH3 is 1. The summed E-state index contributed by atoms with van der Waals surface area (Å²) in [6, 6.07) is 5.84. The predicted octanol–water partition coefficient (Wildman–Crippen LogP) is 3.27. The maximum absolute atomic E-state index is 9.28. The van der Waals surface area contributed by atoms with Gasteiger partial charge in [-0.1, -0.05) is 17.7 Å². The topological polar surface area (TPSA) is 42.4 Å². The van der Waals surface area contributed by atoms with Gasteiger partial charge in [0.2, 0.25) is 0 Å². The summed E-state index contributed by atoms with van der Waals surface area (Å²) >= 11 is 7.16. The van der Waals surface area contributed by atoms with Crippen LogP contribution in [0.3, 0.4) is 0 Å². The molecule has 2 aromatic rings. The van der Waals surface area contributed by atoms with Crippen molar-refractivity contribution in [2.45, 2.75) is 13.5 Å². The number of aryl methyl sites for hydroxylation is 1. The molecule has 0 bridgehead atoms. The normalized spacial score (nSPS) is 10.6. The number of benzene rings is 1. The van der Waals surface area contributed by atoms with Gasteiger partial charge >= 0.3 is 0 Å². The number of nitrogens with zero attached hydrogens (tertiary/aromatic N) is 1. The first kappa shape index (κ1) is 12.4. The van der Waals surface area contributed by atoms with E-state index in [1.54, 1.807) is 7.11 Å². The highest BCUT2D eigenvalue weighted by Gasteiger charge is 2.15. The SMILES string of the molecule is COc1cc(C)ccc1-c1nc(Cl)sc1CO. The molecule has 0 spiro atoms. The zero-order valence-electron chi connectivity index (χ0n) is 9.53. The standard InChI is InChI=1S/C12H12ClNO2S/c1-7-3-4-8(9(5-7)16-2)11-10(6-15)17-12(13)14-11/h3-5,15H,6H2,1-2H3. The van der Waals surface area contributed by atoms with Gasteiger partial charge in [0.05, 0.1) is 24.3 Å². The maximum Gasteiger partial charge on any atom is 0.184 e. The Hall–Kier alpha value is -1.10. The van der Waals surface area contributed by atoms with Crippen LogP contribution < -0.4 is 4.74 Å². The summed E-state index contributed by atoms with van der Waals surface area (Å²) in [5, 5.41) is 9.28. The number of hydrogen-bond acceptors (Lipinski definition) is 4. The quantitative estimate of drug-likeness (QED) is 0.930. The van der Waals surface area contributed by atoms with E-state index in [0.29, 0.717) is 10.2 Å². The van der Waals surface area contributed by atoms with Gasteiger partial charge in [0, 0.05) is 5.56 Å². The first-order valence-corrected chi connectivity index (χ1v) is 6.26.